The second-order valence-corrected chi connectivity index (χ2v) is 8.27. The van der Waals surface area contributed by atoms with Gasteiger partial charge >= 0.3 is 0 Å². The van der Waals surface area contributed by atoms with Crippen LogP contribution in [-0.4, -0.2) is 45.9 Å². The van der Waals surface area contributed by atoms with Crippen LogP contribution in [0.5, 0.6) is 5.75 Å². The highest BCUT2D eigenvalue weighted by atomic mass is 19.3. The summed E-state index contributed by atoms with van der Waals surface area (Å²) in [4.78, 5) is 23.1. The zero-order valence-corrected chi connectivity index (χ0v) is 19.1. The lowest BCUT2D eigenvalue weighted by molar-refractivity contribution is 0.0101. The molecule has 1 aromatic carbocycles. The number of fused-ring (bicyclic) bond motifs is 1. The molecular weight excluding hydrogens is 454 g/mol. The van der Waals surface area contributed by atoms with E-state index in [-0.39, 0.29) is 17.4 Å². The van der Waals surface area contributed by atoms with Crippen LogP contribution >= 0.6 is 0 Å². The van der Waals surface area contributed by atoms with Crippen LogP contribution in [0.2, 0.25) is 0 Å². The lowest BCUT2D eigenvalue weighted by Gasteiger charge is -2.27. The van der Waals surface area contributed by atoms with E-state index in [2.05, 4.69) is 25.3 Å². The molecule has 0 bridgehead atoms. The molecule has 0 atom stereocenters. The predicted octanol–water partition coefficient (Wildman–Crippen LogP) is 4.52. The van der Waals surface area contributed by atoms with Gasteiger partial charge in [0.15, 0.2) is 5.82 Å². The van der Waals surface area contributed by atoms with Gasteiger partial charge in [0, 0.05) is 37.5 Å². The Morgan fingerprint density at radius 2 is 2.00 bits per heavy atom. The average molecular weight is 476 g/mol. The Hall–Kier alpha value is -4.34. The molecule has 10 heteroatoms. The van der Waals surface area contributed by atoms with Crippen molar-refractivity contribution in [2.45, 2.75) is 12.8 Å². The van der Waals surface area contributed by atoms with E-state index in [1.54, 1.807) is 42.7 Å². The van der Waals surface area contributed by atoms with Gasteiger partial charge in [-0.15, -0.1) is 0 Å². The number of ether oxygens (including phenoxy) is 1. The number of nitrogens with one attached hydrogen (secondary N) is 1. The van der Waals surface area contributed by atoms with Gasteiger partial charge in [-0.3, -0.25) is 9.78 Å². The Balaban J connectivity index is 1.38. The number of hydrogen-bond acceptors (Lipinski definition) is 6. The number of anilines is 2. The van der Waals surface area contributed by atoms with Crippen molar-refractivity contribution in [3.8, 4) is 22.8 Å². The van der Waals surface area contributed by atoms with Gasteiger partial charge in [-0.25, -0.2) is 9.67 Å². The minimum Gasteiger partial charge on any atom is -0.490 e. The second-order valence-electron chi connectivity index (χ2n) is 8.27. The van der Waals surface area contributed by atoms with Gasteiger partial charge in [0.2, 0.25) is 0 Å². The molecular formula is C25H22F2N6O2. The summed E-state index contributed by atoms with van der Waals surface area (Å²) in [5, 5.41) is 7.11. The van der Waals surface area contributed by atoms with Crippen LogP contribution in [0, 0.1) is 0 Å². The first-order chi connectivity index (χ1) is 16.8. The molecule has 5 rings (SSSR count). The molecule has 1 aliphatic heterocycles. The first-order valence-corrected chi connectivity index (χ1v) is 10.9. The van der Waals surface area contributed by atoms with Crippen LogP contribution in [-0.2, 0) is 5.92 Å². The average Bonchev–Trinajstić information content (AvgIpc) is 3.31. The summed E-state index contributed by atoms with van der Waals surface area (Å²) >= 11 is 0. The summed E-state index contributed by atoms with van der Waals surface area (Å²) in [6, 6.07) is 13.1. The predicted molar refractivity (Wildman–Crippen MR) is 127 cm³/mol. The normalized spacial score (nSPS) is 13.2. The zero-order valence-electron chi connectivity index (χ0n) is 19.1. The second kappa shape index (κ2) is 8.79. The number of alkyl halides is 2. The van der Waals surface area contributed by atoms with Crippen LogP contribution in [0.1, 0.15) is 23.0 Å². The Morgan fingerprint density at radius 1 is 1.14 bits per heavy atom. The van der Waals surface area contributed by atoms with Crippen molar-refractivity contribution in [1.29, 1.82) is 0 Å². The molecule has 0 saturated carbocycles. The van der Waals surface area contributed by atoms with Crippen molar-refractivity contribution < 1.29 is 18.3 Å². The maximum absolute atomic E-state index is 14.3. The van der Waals surface area contributed by atoms with E-state index in [1.165, 1.54) is 18.3 Å². The summed E-state index contributed by atoms with van der Waals surface area (Å²) in [6.45, 7) is 2.14. The van der Waals surface area contributed by atoms with Gasteiger partial charge in [0.05, 0.1) is 29.8 Å². The maximum atomic E-state index is 14.3. The molecule has 0 saturated heterocycles. The van der Waals surface area contributed by atoms with Crippen molar-refractivity contribution >= 4 is 17.3 Å². The Kier molecular flexibility index (Phi) is 5.64. The molecule has 8 nitrogen and oxygen atoms in total. The molecule has 1 aliphatic rings. The van der Waals surface area contributed by atoms with Crippen molar-refractivity contribution in [2.75, 3.05) is 30.4 Å². The van der Waals surface area contributed by atoms with E-state index in [0.29, 0.717) is 34.9 Å². The standard InChI is InChI=1S/C25H22F2N6O2/c1-25(26,27)22-13-19(17-4-3-9-28-14-17)31-33(22)23-8-6-18(15-29-23)30-24(34)16-5-7-20-21(12-16)35-11-10-32(20)2/h3-9,12-15H,10-11H2,1-2H3,(H,30,34). The monoisotopic (exact) mass is 476 g/mol. The summed E-state index contributed by atoms with van der Waals surface area (Å²) in [5.41, 5.74) is 2.44. The molecule has 0 aliphatic carbocycles. The number of likely N-dealkylation sites (N-methyl/N-ethyl adjacent to an activating group) is 1. The molecule has 1 N–H and O–H groups in total. The number of pyridine rings is 2. The van der Waals surface area contributed by atoms with Gasteiger partial charge < -0.3 is 15.0 Å². The Morgan fingerprint density at radius 3 is 2.71 bits per heavy atom. The molecule has 3 aromatic heterocycles. The Bertz CT molecular complexity index is 1370. The van der Waals surface area contributed by atoms with E-state index in [4.69, 9.17) is 4.74 Å². The van der Waals surface area contributed by atoms with Crippen LogP contribution in [0.15, 0.2) is 67.1 Å². The molecule has 4 aromatic rings. The quantitative estimate of drug-likeness (QED) is 0.456. The van der Waals surface area contributed by atoms with Crippen molar-refractivity contribution in [3.63, 3.8) is 0 Å². The molecule has 178 valence electrons. The fourth-order valence-electron chi connectivity index (χ4n) is 3.81. The van der Waals surface area contributed by atoms with Crippen molar-refractivity contribution in [2.24, 2.45) is 0 Å². The molecule has 4 heterocycles. The van der Waals surface area contributed by atoms with E-state index in [1.807, 2.05) is 13.1 Å². The first kappa shape index (κ1) is 22.5. The largest absolute Gasteiger partial charge is 0.490 e. The Labute approximate surface area is 200 Å². The molecule has 0 unspecified atom stereocenters. The van der Waals surface area contributed by atoms with Crippen molar-refractivity contribution in [3.05, 3.63) is 78.4 Å². The number of hydrogen-bond donors (Lipinski definition) is 1. The van der Waals surface area contributed by atoms with E-state index < -0.39 is 5.92 Å². The molecule has 35 heavy (non-hydrogen) atoms. The summed E-state index contributed by atoms with van der Waals surface area (Å²) in [7, 11) is 1.97. The maximum Gasteiger partial charge on any atom is 0.287 e. The highest BCUT2D eigenvalue weighted by molar-refractivity contribution is 6.04. The van der Waals surface area contributed by atoms with Crippen LogP contribution in [0.25, 0.3) is 17.1 Å². The lowest BCUT2D eigenvalue weighted by Crippen LogP contribution is -2.29. The van der Waals surface area contributed by atoms with E-state index >= 15 is 0 Å². The number of rotatable bonds is 5. The number of nitrogens with zero attached hydrogens (tertiary/aromatic N) is 5. The fourth-order valence-corrected chi connectivity index (χ4v) is 3.81. The number of aromatic nitrogens is 4. The van der Waals surface area contributed by atoms with Gasteiger partial charge in [-0.05, 0) is 48.5 Å². The van der Waals surface area contributed by atoms with E-state index in [9.17, 15) is 13.6 Å². The summed E-state index contributed by atoms with van der Waals surface area (Å²) < 4.78 is 35.4. The third-order valence-electron chi connectivity index (χ3n) is 5.66. The summed E-state index contributed by atoms with van der Waals surface area (Å²) in [5.74, 6) is -2.64. The smallest absolute Gasteiger partial charge is 0.287 e. The lowest BCUT2D eigenvalue weighted by atomic mass is 10.1. The minimum absolute atomic E-state index is 0.194. The molecule has 0 fully saturated rings. The number of amides is 1. The number of benzene rings is 1. The first-order valence-electron chi connectivity index (χ1n) is 10.9. The van der Waals surface area contributed by atoms with Crippen LogP contribution in [0.3, 0.4) is 0 Å². The van der Waals surface area contributed by atoms with E-state index in [0.717, 1.165) is 23.8 Å². The van der Waals surface area contributed by atoms with Crippen LogP contribution in [0.4, 0.5) is 20.2 Å². The third kappa shape index (κ3) is 4.54. The topological polar surface area (TPSA) is 85.2 Å². The van der Waals surface area contributed by atoms with Crippen molar-refractivity contribution in [1.82, 2.24) is 19.7 Å². The number of carbonyl (C=O) groups is 1. The SMILES string of the molecule is CN1CCOc2cc(C(=O)Nc3ccc(-n4nc(-c5cccnc5)cc4C(C)(F)F)nc3)ccc21. The third-order valence-corrected chi connectivity index (χ3v) is 5.66. The number of halogens is 2. The van der Waals surface area contributed by atoms with Crippen LogP contribution < -0.4 is 15.0 Å². The van der Waals surface area contributed by atoms with Gasteiger partial charge in [-0.1, -0.05) is 0 Å². The van der Waals surface area contributed by atoms with Gasteiger partial charge in [0.25, 0.3) is 11.8 Å². The van der Waals surface area contributed by atoms with Gasteiger partial charge in [-0.2, -0.15) is 13.9 Å². The highest BCUT2D eigenvalue weighted by Gasteiger charge is 2.31. The molecule has 0 spiro atoms. The molecule has 0 radical (unpaired) electrons. The summed E-state index contributed by atoms with van der Waals surface area (Å²) in [6.07, 6.45) is 4.55. The minimum atomic E-state index is -3.15. The fraction of sp³-hybridized carbons (Fsp3) is 0.200. The number of carbonyl (C=O) groups excluding carboxylic acids is 1. The molecule has 1 amide bonds. The van der Waals surface area contributed by atoms with Gasteiger partial charge in [0.1, 0.15) is 18.1 Å². The highest BCUT2D eigenvalue weighted by Crippen LogP contribution is 2.33. The zero-order chi connectivity index (χ0) is 24.6.